The van der Waals surface area contributed by atoms with Crippen molar-refractivity contribution in [3.8, 4) is 6.01 Å². The predicted octanol–water partition coefficient (Wildman–Crippen LogP) is 4.49. The molecule has 1 unspecified atom stereocenters. The zero-order chi connectivity index (χ0) is 17.5. The zero-order valence-corrected chi connectivity index (χ0v) is 15.6. The van der Waals surface area contributed by atoms with Crippen LogP contribution in [0.3, 0.4) is 0 Å². The largest absolute Gasteiger partial charge is 0.495 e. The van der Waals surface area contributed by atoms with Gasteiger partial charge in [-0.2, -0.15) is 4.57 Å². The van der Waals surface area contributed by atoms with Gasteiger partial charge in [0.15, 0.2) is 0 Å². The summed E-state index contributed by atoms with van der Waals surface area (Å²) in [6.07, 6.45) is 20.1. The van der Waals surface area contributed by atoms with Crippen molar-refractivity contribution in [1.29, 1.82) is 0 Å². The van der Waals surface area contributed by atoms with Crippen molar-refractivity contribution in [3.05, 3.63) is 18.5 Å². The first kappa shape index (κ1) is 20.9. The Balaban J connectivity index is 1.89. The molecule has 0 spiro atoms. The van der Waals surface area contributed by atoms with Gasteiger partial charge in [0.05, 0.1) is 12.7 Å². The number of hydrogen-bond acceptors (Lipinski definition) is 3. The van der Waals surface area contributed by atoms with Crippen LogP contribution in [-0.2, 0) is 6.54 Å². The summed E-state index contributed by atoms with van der Waals surface area (Å²) in [5.74, 6) is 0. The summed E-state index contributed by atoms with van der Waals surface area (Å²) in [5.41, 5.74) is 6.22. The molecule has 1 aromatic rings. The second-order valence-electron chi connectivity index (χ2n) is 6.99. The number of unbranched alkanes of at least 4 members (excludes halogenated alkanes) is 9. The van der Waals surface area contributed by atoms with Gasteiger partial charge >= 0.3 is 6.01 Å². The Labute approximate surface area is 148 Å². The average molecular weight is 337 g/mol. The molecule has 4 nitrogen and oxygen atoms in total. The van der Waals surface area contributed by atoms with Crippen LogP contribution in [0, 0.1) is 0 Å². The van der Waals surface area contributed by atoms with E-state index in [0.29, 0.717) is 6.04 Å². The van der Waals surface area contributed by atoms with Gasteiger partial charge in [-0.15, -0.1) is 0 Å². The molecular formula is C20H38N3O+. The van der Waals surface area contributed by atoms with Gasteiger partial charge < -0.3 is 10.8 Å². The van der Waals surface area contributed by atoms with Crippen LogP contribution in [0.15, 0.2) is 18.5 Å². The first-order chi connectivity index (χ1) is 11.7. The molecule has 24 heavy (non-hydrogen) atoms. The summed E-state index contributed by atoms with van der Waals surface area (Å²) in [4.78, 5) is 3.87. The zero-order valence-electron chi connectivity index (χ0n) is 15.6. The molecule has 3 N–H and O–H groups in total. The van der Waals surface area contributed by atoms with Gasteiger partial charge in [0.1, 0.15) is 6.20 Å². The van der Waals surface area contributed by atoms with E-state index in [1.54, 1.807) is 10.8 Å². The molecule has 4 heteroatoms. The first-order valence-corrected chi connectivity index (χ1v) is 10.0. The quantitative estimate of drug-likeness (QED) is 0.366. The maximum Gasteiger partial charge on any atom is 0.495 e. The number of nitrogens with zero attached hydrogens (tertiary/aromatic N) is 2. The second kappa shape index (κ2) is 14.2. The highest BCUT2D eigenvalue weighted by Gasteiger charge is 2.07. The van der Waals surface area contributed by atoms with Crippen LogP contribution in [-0.4, -0.2) is 16.1 Å². The normalized spacial score (nSPS) is 12.4. The molecule has 0 amide bonds. The lowest BCUT2D eigenvalue weighted by atomic mass is 10.0. The Morgan fingerprint density at radius 2 is 1.54 bits per heavy atom. The van der Waals surface area contributed by atoms with Crippen LogP contribution in [0.2, 0.25) is 0 Å². The van der Waals surface area contributed by atoms with E-state index in [1.807, 2.05) is 12.3 Å². The van der Waals surface area contributed by atoms with Gasteiger partial charge in [-0.1, -0.05) is 64.7 Å². The molecular weight excluding hydrogens is 298 g/mol. The highest BCUT2D eigenvalue weighted by Crippen LogP contribution is 2.12. The molecule has 0 aliphatic rings. The summed E-state index contributed by atoms with van der Waals surface area (Å²) in [6, 6.07) is 2.31. The minimum atomic E-state index is 0.101. The number of aromatic nitrogens is 2. The van der Waals surface area contributed by atoms with E-state index in [4.69, 9.17) is 5.73 Å². The van der Waals surface area contributed by atoms with Crippen molar-refractivity contribution in [2.45, 2.75) is 103 Å². The number of nitrogens with two attached hydrogens (primary N) is 1. The number of aromatic hydroxyl groups is 1. The Morgan fingerprint density at radius 1 is 0.958 bits per heavy atom. The van der Waals surface area contributed by atoms with Crippen molar-refractivity contribution in [1.82, 2.24) is 4.98 Å². The molecule has 0 fully saturated rings. The van der Waals surface area contributed by atoms with Gasteiger partial charge in [0.2, 0.25) is 0 Å². The van der Waals surface area contributed by atoms with Gasteiger partial charge in [-0.25, -0.2) is 0 Å². The third-order valence-corrected chi connectivity index (χ3v) is 4.70. The van der Waals surface area contributed by atoms with Crippen molar-refractivity contribution in [3.63, 3.8) is 0 Å². The molecule has 1 rings (SSSR count). The molecule has 0 saturated heterocycles. The fourth-order valence-corrected chi connectivity index (χ4v) is 3.12. The molecule has 1 heterocycles. The second-order valence-corrected chi connectivity index (χ2v) is 6.99. The third kappa shape index (κ3) is 10.6. The van der Waals surface area contributed by atoms with Crippen LogP contribution >= 0.6 is 0 Å². The van der Waals surface area contributed by atoms with Gasteiger partial charge in [0, 0.05) is 12.1 Å². The van der Waals surface area contributed by atoms with E-state index in [9.17, 15) is 5.11 Å². The maximum absolute atomic E-state index is 9.59. The van der Waals surface area contributed by atoms with Crippen LogP contribution in [0.1, 0.15) is 90.4 Å². The first-order valence-electron chi connectivity index (χ1n) is 10.0. The highest BCUT2D eigenvalue weighted by molar-refractivity contribution is 4.80. The SMILES string of the molecule is CCCCCCCCCCC(N)CCCCC[n+]1cccnc1O. The van der Waals surface area contributed by atoms with Gasteiger partial charge in [-0.3, -0.25) is 0 Å². The highest BCUT2D eigenvalue weighted by atomic mass is 16.3. The lowest BCUT2D eigenvalue weighted by Gasteiger charge is -2.11. The van der Waals surface area contributed by atoms with Gasteiger partial charge in [-0.05, 0) is 30.7 Å². The fourth-order valence-electron chi connectivity index (χ4n) is 3.12. The van der Waals surface area contributed by atoms with E-state index in [1.165, 1.54) is 64.2 Å². The molecule has 0 radical (unpaired) electrons. The summed E-state index contributed by atoms with van der Waals surface area (Å²) in [5, 5.41) is 9.59. The van der Waals surface area contributed by atoms with Crippen LogP contribution < -0.4 is 10.3 Å². The fraction of sp³-hybridized carbons (Fsp3) is 0.800. The average Bonchev–Trinajstić information content (AvgIpc) is 2.58. The minimum Gasteiger partial charge on any atom is -0.444 e. The number of aryl methyl sites for hydroxylation is 1. The van der Waals surface area contributed by atoms with E-state index < -0.39 is 0 Å². The predicted molar refractivity (Wildman–Crippen MR) is 99.8 cm³/mol. The Hall–Kier alpha value is -1.16. The van der Waals surface area contributed by atoms with Crippen molar-refractivity contribution < 1.29 is 9.67 Å². The Bertz CT molecular complexity index is 412. The Morgan fingerprint density at radius 3 is 2.17 bits per heavy atom. The molecule has 1 atom stereocenters. The van der Waals surface area contributed by atoms with E-state index in [-0.39, 0.29) is 6.01 Å². The topological polar surface area (TPSA) is 63.0 Å². The molecule has 0 aromatic carbocycles. The Kier molecular flexibility index (Phi) is 12.4. The summed E-state index contributed by atoms with van der Waals surface area (Å²) >= 11 is 0. The monoisotopic (exact) mass is 336 g/mol. The minimum absolute atomic E-state index is 0.101. The summed E-state index contributed by atoms with van der Waals surface area (Å²) in [6.45, 7) is 3.09. The standard InChI is InChI=1S/C20H37N3O/c1-2-3-4-5-6-7-8-10-14-19(21)15-11-9-12-17-23-18-13-16-22-20(23)24/h13,16,18-19H,2-12,14-15,17,21H2,1H3/p+1. The molecule has 0 aliphatic heterocycles. The van der Waals surface area contributed by atoms with Crippen molar-refractivity contribution >= 4 is 0 Å². The lowest BCUT2D eigenvalue weighted by molar-refractivity contribution is -0.706. The summed E-state index contributed by atoms with van der Waals surface area (Å²) in [7, 11) is 0. The van der Waals surface area contributed by atoms with Crippen LogP contribution in [0.5, 0.6) is 6.01 Å². The molecule has 0 aliphatic carbocycles. The van der Waals surface area contributed by atoms with Crippen molar-refractivity contribution in [2.75, 3.05) is 0 Å². The van der Waals surface area contributed by atoms with E-state index in [0.717, 1.165) is 25.8 Å². The maximum atomic E-state index is 9.59. The summed E-state index contributed by atoms with van der Waals surface area (Å²) < 4.78 is 1.79. The third-order valence-electron chi connectivity index (χ3n) is 4.70. The van der Waals surface area contributed by atoms with Crippen molar-refractivity contribution in [2.24, 2.45) is 5.73 Å². The number of hydrogen-bond donors (Lipinski definition) is 2. The molecule has 0 bridgehead atoms. The van der Waals surface area contributed by atoms with Gasteiger partial charge in [0.25, 0.3) is 0 Å². The lowest BCUT2D eigenvalue weighted by Crippen LogP contribution is -2.33. The van der Waals surface area contributed by atoms with E-state index >= 15 is 0 Å². The van der Waals surface area contributed by atoms with Crippen LogP contribution in [0.25, 0.3) is 0 Å². The smallest absolute Gasteiger partial charge is 0.444 e. The number of rotatable bonds is 15. The van der Waals surface area contributed by atoms with E-state index in [2.05, 4.69) is 11.9 Å². The van der Waals surface area contributed by atoms with Crippen LogP contribution in [0.4, 0.5) is 0 Å². The molecule has 138 valence electrons. The molecule has 1 aromatic heterocycles. The molecule has 0 saturated carbocycles.